The van der Waals surface area contributed by atoms with Crippen molar-refractivity contribution in [3.05, 3.63) is 23.8 Å². The number of para-hydroxylation sites is 1. The Morgan fingerprint density at radius 1 is 1.47 bits per heavy atom. The summed E-state index contributed by atoms with van der Waals surface area (Å²) in [5.74, 6) is -1.47. The zero-order valence-electron chi connectivity index (χ0n) is 8.10. The predicted octanol–water partition coefficient (Wildman–Crippen LogP) is 0.415. The van der Waals surface area contributed by atoms with Gasteiger partial charge >= 0.3 is 0 Å². The molecule has 0 bridgehead atoms. The molecule has 3 N–H and O–H groups in total. The minimum atomic E-state index is -0.640. The van der Waals surface area contributed by atoms with E-state index in [4.69, 9.17) is 5.11 Å². The SMILES string of the molecule is C[C@@H](C=O)NC(=O)c1cccc(O)c1O. The Hall–Kier alpha value is -2.04. The van der Waals surface area contributed by atoms with E-state index >= 15 is 0 Å². The van der Waals surface area contributed by atoms with Crippen molar-refractivity contribution in [3.8, 4) is 11.5 Å². The molecule has 80 valence electrons. The molecule has 1 aromatic carbocycles. The molecule has 0 radical (unpaired) electrons. The molecule has 0 heterocycles. The lowest BCUT2D eigenvalue weighted by Crippen LogP contribution is -2.33. The van der Waals surface area contributed by atoms with Gasteiger partial charge in [-0.1, -0.05) is 6.07 Å². The van der Waals surface area contributed by atoms with Crippen LogP contribution in [0, 0.1) is 0 Å². The second-order valence-electron chi connectivity index (χ2n) is 3.07. The fourth-order valence-corrected chi connectivity index (χ4v) is 1.03. The number of aromatic hydroxyl groups is 2. The zero-order valence-corrected chi connectivity index (χ0v) is 8.10. The summed E-state index contributed by atoms with van der Waals surface area (Å²) in [4.78, 5) is 21.7. The van der Waals surface area contributed by atoms with Crippen LogP contribution in [0.5, 0.6) is 11.5 Å². The Kier molecular flexibility index (Phi) is 3.28. The van der Waals surface area contributed by atoms with E-state index in [1.165, 1.54) is 25.1 Å². The molecule has 0 saturated carbocycles. The number of amides is 1. The number of hydrogen-bond donors (Lipinski definition) is 3. The maximum absolute atomic E-state index is 11.4. The summed E-state index contributed by atoms with van der Waals surface area (Å²) in [6, 6.07) is 3.39. The minimum absolute atomic E-state index is 0.0660. The highest BCUT2D eigenvalue weighted by Crippen LogP contribution is 2.27. The molecule has 0 unspecified atom stereocenters. The van der Waals surface area contributed by atoms with E-state index in [1.54, 1.807) is 0 Å². The molecule has 0 aliphatic rings. The Morgan fingerprint density at radius 3 is 2.73 bits per heavy atom. The minimum Gasteiger partial charge on any atom is -0.504 e. The first-order valence-electron chi connectivity index (χ1n) is 4.33. The van der Waals surface area contributed by atoms with Gasteiger partial charge in [0.05, 0.1) is 11.6 Å². The number of hydrogen-bond acceptors (Lipinski definition) is 4. The van der Waals surface area contributed by atoms with Crippen LogP contribution >= 0.6 is 0 Å². The van der Waals surface area contributed by atoms with E-state index in [9.17, 15) is 14.7 Å². The van der Waals surface area contributed by atoms with Crippen LogP contribution in [0.2, 0.25) is 0 Å². The number of nitrogens with one attached hydrogen (secondary N) is 1. The Bertz CT molecular complexity index is 389. The maximum Gasteiger partial charge on any atom is 0.255 e. The first-order chi connectivity index (χ1) is 7.06. The van der Waals surface area contributed by atoms with E-state index in [-0.39, 0.29) is 11.3 Å². The summed E-state index contributed by atoms with van der Waals surface area (Å²) in [6.45, 7) is 1.50. The van der Waals surface area contributed by atoms with Gasteiger partial charge in [-0.05, 0) is 19.1 Å². The number of aldehydes is 1. The molecule has 5 heteroatoms. The molecule has 0 aliphatic heterocycles. The van der Waals surface area contributed by atoms with E-state index in [0.717, 1.165) is 0 Å². The number of carbonyl (C=O) groups is 2. The van der Waals surface area contributed by atoms with Gasteiger partial charge in [-0.25, -0.2) is 0 Å². The van der Waals surface area contributed by atoms with Gasteiger partial charge in [-0.2, -0.15) is 0 Å². The van der Waals surface area contributed by atoms with E-state index < -0.39 is 17.7 Å². The van der Waals surface area contributed by atoms with Crippen molar-refractivity contribution in [2.24, 2.45) is 0 Å². The molecule has 15 heavy (non-hydrogen) atoms. The third kappa shape index (κ3) is 2.46. The normalized spacial score (nSPS) is 11.8. The fraction of sp³-hybridized carbons (Fsp3) is 0.200. The summed E-state index contributed by atoms with van der Waals surface area (Å²) in [5.41, 5.74) is -0.0660. The summed E-state index contributed by atoms with van der Waals surface area (Å²) in [7, 11) is 0. The maximum atomic E-state index is 11.4. The van der Waals surface area contributed by atoms with Gasteiger partial charge in [0.15, 0.2) is 11.5 Å². The lowest BCUT2D eigenvalue weighted by molar-refractivity contribution is -0.109. The van der Waals surface area contributed by atoms with Crippen molar-refractivity contribution >= 4 is 12.2 Å². The average molecular weight is 209 g/mol. The van der Waals surface area contributed by atoms with Gasteiger partial charge in [0.2, 0.25) is 0 Å². The smallest absolute Gasteiger partial charge is 0.255 e. The second-order valence-corrected chi connectivity index (χ2v) is 3.07. The third-order valence-electron chi connectivity index (χ3n) is 1.82. The van der Waals surface area contributed by atoms with Gasteiger partial charge in [0.25, 0.3) is 5.91 Å². The third-order valence-corrected chi connectivity index (χ3v) is 1.82. The van der Waals surface area contributed by atoms with Crippen LogP contribution in [0.25, 0.3) is 0 Å². The van der Waals surface area contributed by atoms with E-state index in [2.05, 4.69) is 5.32 Å². The van der Waals surface area contributed by atoms with Crippen LogP contribution in [0.15, 0.2) is 18.2 Å². The Labute approximate surface area is 86.4 Å². The van der Waals surface area contributed by atoms with Crippen LogP contribution in [-0.4, -0.2) is 28.4 Å². The van der Waals surface area contributed by atoms with Gasteiger partial charge in [0.1, 0.15) is 6.29 Å². The molecule has 5 nitrogen and oxygen atoms in total. The topological polar surface area (TPSA) is 86.6 Å². The van der Waals surface area contributed by atoms with Crippen LogP contribution in [-0.2, 0) is 4.79 Å². The van der Waals surface area contributed by atoms with Crippen molar-refractivity contribution < 1.29 is 19.8 Å². The van der Waals surface area contributed by atoms with E-state index in [1.807, 2.05) is 0 Å². The molecule has 0 fully saturated rings. The number of phenols is 2. The molecule has 1 rings (SSSR count). The number of phenolic OH excluding ortho intramolecular Hbond substituents is 2. The molecule has 0 aliphatic carbocycles. The van der Waals surface area contributed by atoms with Crippen molar-refractivity contribution in [2.45, 2.75) is 13.0 Å². The molecular formula is C10H11NO4. The molecule has 1 atom stereocenters. The van der Waals surface area contributed by atoms with Crippen LogP contribution in [0.1, 0.15) is 17.3 Å². The van der Waals surface area contributed by atoms with Gasteiger partial charge < -0.3 is 20.3 Å². The first kappa shape index (κ1) is 11.0. The summed E-state index contributed by atoms with van der Waals surface area (Å²) in [5, 5.41) is 20.8. The van der Waals surface area contributed by atoms with Gasteiger partial charge in [0, 0.05) is 0 Å². The summed E-state index contributed by atoms with van der Waals surface area (Å²) in [6.07, 6.45) is 0.567. The molecule has 1 aromatic rings. The quantitative estimate of drug-likeness (QED) is 0.497. The van der Waals surface area contributed by atoms with E-state index in [0.29, 0.717) is 6.29 Å². The van der Waals surface area contributed by atoms with Crippen molar-refractivity contribution in [2.75, 3.05) is 0 Å². The highest BCUT2D eigenvalue weighted by Gasteiger charge is 2.15. The van der Waals surface area contributed by atoms with Gasteiger partial charge in [-0.3, -0.25) is 4.79 Å². The summed E-state index contributed by atoms with van der Waals surface area (Å²) >= 11 is 0. The van der Waals surface area contributed by atoms with Gasteiger partial charge in [-0.15, -0.1) is 0 Å². The Morgan fingerprint density at radius 2 is 2.13 bits per heavy atom. The molecular weight excluding hydrogens is 198 g/mol. The molecule has 0 aromatic heterocycles. The molecule has 1 amide bonds. The van der Waals surface area contributed by atoms with Crippen LogP contribution in [0.4, 0.5) is 0 Å². The van der Waals surface area contributed by atoms with Crippen LogP contribution < -0.4 is 5.32 Å². The molecule has 0 spiro atoms. The van der Waals surface area contributed by atoms with Crippen molar-refractivity contribution in [1.29, 1.82) is 0 Å². The first-order valence-corrected chi connectivity index (χ1v) is 4.33. The number of carbonyl (C=O) groups excluding carboxylic acids is 2. The zero-order chi connectivity index (χ0) is 11.4. The summed E-state index contributed by atoms with van der Waals surface area (Å²) < 4.78 is 0. The Balaban J connectivity index is 2.91. The van der Waals surface area contributed by atoms with Crippen molar-refractivity contribution in [3.63, 3.8) is 0 Å². The highest BCUT2D eigenvalue weighted by molar-refractivity contribution is 5.98. The highest BCUT2D eigenvalue weighted by atomic mass is 16.3. The standard InChI is InChI=1S/C10H11NO4/c1-6(5-12)11-10(15)7-3-2-4-8(13)9(7)14/h2-6,13-14H,1H3,(H,11,15)/t6-/m0/s1. The predicted molar refractivity (Wildman–Crippen MR) is 52.8 cm³/mol. The molecule has 0 saturated heterocycles. The lowest BCUT2D eigenvalue weighted by atomic mass is 10.1. The monoisotopic (exact) mass is 209 g/mol. The average Bonchev–Trinajstić information content (AvgIpc) is 2.21. The van der Waals surface area contributed by atoms with Crippen LogP contribution in [0.3, 0.4) is 0 Å². The number of benzene rings is 1. The van der Waals surface area contributed by atoms with Crippen molar-refractivity contribution in [1.82, 2.24) is 5.32 Å². The number of rotatable bonds is 3. The second kappa shape index (κ2) is 4.45. The fourth-order valence-electron chi connectivity index (χ4n) is 1.03. The largest absolute Gasteiger partial charge is 0.504 e. The lowest BCUT2D eigenvalue weighted by Gasteiger charge is -2.09.